The van der Waals surface area contributed by atoms with E-state index in [1.54, 1.807) is 29.2 Å². The summed E-state index contributed by atoms with van der Waals surface area (Å²) in [5, 5.41) is 7.54. The number of fused-ring (bicyclic) bond motifs is 3. The van der Waals surface area contributed by atoms with Crippen molar-refractivity contribution in [1.29, 1.82) is 0 Å². The number of nitrogens with zero attached hydrogens (tertiary/aromatic N) is 9. The normalized spacial score (nSPS) is 18.2. The van der Waals surface area contributed by atoms with E-state index in [4.69, 9.17) is 0 Å². The molecule has 0 bridgehead atoms. The van der Waals surface area contributed by atoms with Crippen LogP contribution in [-0.4, -0.2) is 114 Å². The van der Waals surface area contributed by atoms with Gasteiger partial charge in [-0.15, -0.1) is 5.10 Å². The van der Waals surface area contributed by atoms with E-state index in [0.29, 0.717) is 53.4 Å². The summed E-state index contributed by atoms with van der Waals surface area (Å²) in [6.07, 6.45) is -3.82. The molecule has 63 heavy (non-hydrogen) atoms. The lowest BCUT2D eigenvalue weighted by atomic mass is 9.89. The molecule has 13 nitrogen and oxygen atoms in total. The quantitative estimate of drug-likeness (QED) is 0.163. The summed E-state index contributed by atoms with van der Waals surface area (Å²) >= 11 is 0. The van der Waals surface area contributed by atoms with Crippen LogP contribution in [0.4, 0.5) is 26.3 Å². The lowest BCUT2D eigenvalue weighted by molar-refractivity contribution is -0.152. The van der Waals surface area contributed by atoms with Gasteiger partial charge in [0.25, 0.3) is 0 Å². The van der Waals surface area contributed by atoms with E-state index < -0.39 is 47.1 Å². The standard InChI is InChI=1S/C26H29F3N4O2.C17H12F3N5O2.H2S/c27-26(28,29)21-14-20-16-32(13-9-23(20)30-15-21)24(34)25(35)33-12-8-22(17-33)31-10-6-19(7-11-31)18-4-2-1-3-5-18;18-17(19,20)11-7-10-9-24(6-5-12(10)21-8-11)15(26)16(27)25-14-4-2-1-3-13(14)22-23-25;/h1-5,14-15,19,22H,6-13,16-17H2;1-4,7-8H,5-6,9H2;1H2. The number of amides is 3. The molecule has 0 radical (unpaired) electrons. The minimum Gasteiger partial charge on any atom is -0.333 e. The van der Waals surface area contributed by atoms with Gasteiger partial charge in [0.1, 0.15) is 5.52 Å². The average molecular weight is 896 g/mol. The van der Waals surface area contributed by atoms with Crippen LogP contribution in [0.5, 0.6) is 0 Å². The molecule has 2 aromatic carbocycles. The van der Waals surface area contributed by atoms with Crippen LogP contribution >= 0.6 is 13.5 Å². The first-order chi connectivity index (χ1) is 29.6. The summed E-state index contributed by atoms with van der Waals surface area (Å²) in [5.74, 6) is -2.41. The topological polar surface area (TPSA) is 138 Å². The molecule has 4 aliphatic rings. The number of rotatable bonds is 2. The zero-order valence-electron chi connectivity index (χ0n) is 33.8. The molecule has 1 atom stereocenters. The number of halogens is 6. The predicted octanol–water partition coefficient (Wildman–Crippen LogP) is 5.65. The minimum atomic E-state index is -4.52. The fraction of sp³-hybridized carbons (Fsp3) is 0.395. The summed E-state index contributed by atoms with van der Waals surface area (Å²) in [5.41, 5.74) is 2.17. The molecule has 3 aromatic heterocycles. The molecule has 0 N–H and O–H groups in total. The highest BCUT2D eigenvalue weighted by Crippen LogP contribution is 2.34. The van der Waals surface area contributed by atoms with Crippen LogP contribution < -0.4 is 0 Å². The van der Waals surface area contributed by atoms with Crippen LogP contribution in [0.15, 0.2) is 79.1 Å². The lowest BCUT2D eigenvalue weighted by Crippen LogP contribution is -2.48. The molecule has 1 unspecified atom stereocenters. The summed E-state index contributed by atoms with van der Waals surface area (Å²) in [6.45, 7) is 3.30. The first kappa shape index (κ1) is 45.1. The van der Waals surface area contributed by atoms with Gasteiger partial charge in [-0.25, -0.2) is 0 Å². The number of hydrogen-bond acceptors (Lipinski definition) is 9. The molecular weight excluding hydrogens is 853 g/mol. The number of carbonyl (C=O) groups is 4. The Hall–Kier alpha value is -5.89. The van der Waals surface area contributed by atoms with Crippen molar-refractivity contribution in [2.24, 2.45) is 0 Å². The number of benzene rings is 2. The van der Waals surface area contributed by atoms with Crippen molar-refractivity contribution in [1.82, 2.24) is 44.6 Å². The third-order valence-corrected chi connectivity index (χ3v) is 12.0. The lowest BCUT2D eigenvalue weighted by Gasteiger charge is -2.36. The molecule has 4 aliphatic heterocycles. The summed E-state index contributed by atoms with van der Waals surface area (Å²) < 4.78 is 78.7. The van der Waals surface area contributed by atoms with E-state index in [1.807, 2.05) is 6.07 Å². The molecule has 0 saturated carbocycles. The van der Waals surface area contributed by atoms with Gasteiger partial charge in [-0.1, -0.05) is 47.7 Å². The molecule has 0 aliphatic carbocycles. The van der Waals surface area contributed by atoms with Crippen molar-refractivity contribution in [2.45, 2.75) is 69.5 Å². The maximum absolute atomic E-state index is 13.1. The molecule has 2 saturated heterocycles. The maximum Gasteiger partial charge on any atom is 0.417 e. The fourth-order valence-corrected chi connectivity index (χ4v) is 8.57. The van der Waals surface area contributed by atoms with E-state index in [1.165, 1.54) is 15.4 Å². The van der Waals surface area contributed by atoms with Gasteiger partial charge in [-0.3, -0.25) is 34.0 Å². The first-order valence-electron chi connectivity index (χ1n) is 20.2. The highest BCUT2D eigenvalue weighted by Gasteiger charge is 2.39. The fourth-order valence-electron chi connectivity index (χ4n) is 8.57. The number of carbonyl (C=O) groups excluding carboxylic acids is 4. The van der Waals surface area contributed by atoms with Gasteiger partial charge < -0.3 is 14.7 Å². The zero-order chi connectivity index (χ0) is 43.8. The number of hydrogen-bond donors (Lipinski definition) is 0. The smallest absolute Gasteiger partial charge is 0.333 e. The number of pyridine rings is 2. The van der Waals surface area contributed by atoms with Crippen molar-refractivity contribution in [2.75, 3.05) is 39.3 Å². The largest absolute Gasteiger partial charge is 0.417 e. The van der Waals surface area contributed by atoms with Gasteiger partial charge in [0.15, 0.2) is 0 Å². The van der Waals surface area contributed by atoms with Crippen LogP contribution in [-0.2, 0) is 52.7 Å². The number of likely N-dealkylation sites (tertiary alicyclic amines) is 2. The highest BCUT2D eigenvalue weighted by molar-refractivity contribution is 7.59. The summed E-state index contributed by atoms with van der Waals surface area (Å²) in [6, 6.07) is 19.5. The molecule has 7 heterocycles. The zero-order valence-corrected chi connectivity index (χ0v) is 34.8. The number of para-hydroxylation sites is 1. The number of alkyl halides is 6. The first-order valence-corrected chi connectivity index (χ1v) is 20.2. The number of aromatic nitrogens is 5. The molecule has 332 valence electrons. The average Bonchev–Trinajstić information content (AvgIpc) is 3.96. The molecule has 0 spiro atoms. The maximum atomic E-state index is 13.1. The molecule has 5 aromatic rings. The highest BCUT2D eigenvalue weighted by atomic mass is 32.1. The van der Waals surface area contributed by atoms with E-state index in [2.05, 4.69) is 49.4 Å². The predicted molar refractivity (Wildman–Crippen MR) is 220 cm³/mol. The van der Waals surface area contributed by atoms with Crippen molar-refractivity contribution >= 4 is 48.2 Å². The monoisotopic (exact) mass is 895 g/mol. The second kappa shape index (κ2) is 18.4. The molecule has 9 rings (SSSR count). The Labute approximate surface area is 364 Å². The molecule has 2 fully saturated rings. The SMILES string of the molecule is O=C(C(=O)N1CCC(N2CCC(c3ccccc3)CC2)C1)N1CCc2ncc(C(F)(F)F)cc2C1.O=C(C(=O)n1nnc2ccccc21)N1CCc2ncc(C(F)(F)F)cc2C1.S. The van der Waals surface area contributed by atoms with Gasteiger partial charge in [-0.2, -0.15) is 44.5 Å². The second-order valence-corrected chi connectivity index (χ2v) is 15.8. The van der Waals surface area contributed by atoms with Crippen LogP contribution in [0.2, 0.25) is 0 Å². The third-order valence-electron chi connectivity index (χ3n) is 12.0. The van der Waals surface area contributed by atoms with E-state index >= 15 is 0 Å². The Morgan fingerprint density at radius 1 is 0.603 bits per heavy atom. The molecule has 3 amide bonds. The summed E-state index contributed by atoms with van der Waals surface area (Å²) in [7, 11) is 0. The van der Waals surface area contributed by atoms with Gasteiger partial charge in [0.2, 0.25) is 0 Å². The van der Waals surface area contributed by atoms with Crippen LogP contribution in [0.25, 0.3) is 11.0 Å². The van der Waals surface area contributed by atoms with Gasteiger partial charge >= 0.3 is 36.0 Å². The Bertz CT molecular complexity index is 2490. The van der Waals surface area contributed by atoms with Crippen LogP contribution in [0.1, 0.15) is 69.2 Å². The Morgan fingerprint density at radius 3 is 1.70 bits per heavy atom. The Morgan fingerprint density at radius 2 is 1.13 bits per heavy atom. The van der Waals surface area contributed by atoms with Crippen molar-refractivity contribution < 1.29 is 45.5 Å². The van der Waals surface area contributed by atoms with E-state index in [-0.39, 0.29) is 57.7 Å². The second-order valence-electron chi connectivity index (χ2n) is 15.8. The Balaban J connectivity index is 0.000000192. The molecule has 20 heteroatoms. The molecular formula is C43H43F6N9O4S. The van der Waals surface area contributed by atoms with Crippen molar-refractivity contribution in [3.05, 3.63) is 118 Å². The van der Waals surface area contributed by atoms with Gasteiger partial charge in [0, 0.05) is 81.9 Å². The van der Waals surface area contributed by atoms with Crippen molar-refractivity contribution in [3.8, 4) is 0 Å². The van der Waals surface area contributed by atoms with Crippen molar-refractivity contribution in [3.63, 3.8) is 0 Å². The Kier molecular flexibility index (Phi) is 13.2. The van der Waals surface area contributed by atoms with Crippen LogP contribution in [0.3, 0.4) is 0 Å². The van der Waals surface area contributed by atoms with Gasteiger partial charge in [-0.05, 0) is 79.2 Å². The summed E-state index contributed by atoms with van der Waals surface area (Å²) in [4.78, 5) is 65.4. The minimum absolute atomic E-state index is 0. The van der Waals surface area contributed by atoms with E-state index in [0.717, 1.165) is 61.6 Å². The van der Waals surface area contributed by atoms with E-state index in [9.17, 15) is 45.5 Å². The van der Waals surface area contributed by atoms with Gasteiger partial charge in [0.05, 0.1) is 16.6 Å². The number of piperidine rings is 1. The third kappa shape index (κ3) is 9.86. The van der Waals surface area contributed by atoms with Crippen LogP contribution in [0, 0.1) is 0 Å².